The van der Waals surface area contributed by atoms with Crippen LogP contribution in [0, 0.1) is 0 Å². The second-order valence-electron chi connectivity index (χ2n) is 6.35. The van der Waals surface area contributed by atoms with Gasteiger partial charge in [-0.3, -0.25) is 4.79 Å². The third-order valence-electron chi connectivity index (χ3n) is 4.53. The zero-order chi connectivity index (χ0) is 18.4. The lowest BCUT2D eigenvalue weighted by Crippen LogP contribution is -2.47. The number of benzene rings is 2. The lowest BCUT2D eigenvalue weighted by molar-refractivity contribution is -0.146. The highest BCUT2D eigenvalue weighted by atomic mass is 16.5. The van der Waals surface area contributed by atoms with Crippen LogP contribution < -0.4 is 5.32 Å². The van der Waals surface area contributed by atoms with E-state index in [1.54, 1.807) is 0 Å². The van der Waals surface area contributed by atoms with Crippen LogP contribution in [-0.4, -0.2) is 37.7 Å². The van der Waals surface area contributed by atoms with E-state index in [0.717, 1.165) is 23.1 Å². The summed E-state index contributed by atoms with van der Waals surface area (Å²) in [5.41, 5.74) is 3.19. The Morgan fingerprint density at radius 2 is 1.81 bits per heavy atom. The van der Waals surface area contributed by atoms with Gasteiger partial charge in [0.05, 0.1) is 7.11 Å². The highest BCUT2D eigenvalue weighted by molar-refractivity contribution is 5.87. The monoisotopic (exact) mass is 353 g/mol. The van der Waals surface area contributed by atoms with Gasteiger partial charge in [-0.1, -0.05) is 54.6 Å². The average molecular weight is 353 g/mol. The van der Waals surface area contributed by atoms with E-state index in [2.05, 4.69) is 5.32 Å². The molecule has 136 valence electrons. The number of esters is 1. The second-order valence-corrected chi connectivity index (χ2v) is 6.35. The molecule has 0 spiro atoms. The molecule has 1 aliphatic heterocycles. The van der Waals surface area contributed by atoms with Gasteiger partial charge in [0.15, 0.2) is 0 Å². The van der Waals surface area contributed by atoms with Gasteiger partial charge in [-0.05, 0) is 29.5 Å². The molecule has 0 radical (unpaired) electrons. The number of rotatable bonds is 6. The molecule has 1 aliphatic rings. The van der Waals surface area contributed by atoms with Crippen LogP contribution in [0.4, 0.5) is 0 Å². The minimum Gasteiger partial charge on any atom is -0.467 e. The summed E-state index contributed by atoms with van der Waals surface area (Å²) in [6, 6.07) is 17.3. The summed E-state index contributed by atoms with van der Waals surface area (Å²) < 4.78 is 10.2. The standard InChI is InChI=1S/C21H23NO4/c1-25-21(24)18(22-20(23)19-8-5-13-26-19)14-15-9-11-17(12-10-15)16-6-3-2-4-7-16/h2-4,6-7,9-12,18-19H,5,8,13-14H2,1H3,(H,22,23)/t18-,19+/m1/s1. The molecular formula is C21H23NO4. The fourth-order valence-electron chi connectivity index (χ4n) is 3.08. The van der Waals surface area contributed by atoms with E-state index < -0.39 is 18.1 Å². The zero-order valence-electron chi connectivity index (χ0n) is 14.8. The van der Waals surface area contributed by atoms with Crippen LogP contribution in [0.2, 0.25) is 0 Å². The van der Waals surface area contributed by atoms with E-state index in [0.29, 0.717) is 19.4 Å². The van der Waals surface area contributed by atoms with Crippen molar-refractivity contribution in [2.75, 3.05) is 13.7 Å². The molecule has 0 aliphatic carbocycles. The van der Waals surface area contributed by atoms with Crippen molar-refractivity contribution in [3.63, 3.8) is 0 Å². The summed E-state index contributed by atoms with van der Waals surface area (Å²) in [5, 5.41) is 2.77. The number of hydrogen-bond donors (Lipinski definition) is 1. The first-order valence-corrected chi connectivity index (χ1v) is 8.81. The van der Waals surface area contributed by atoms with Crippen molar-refractivity contribution in [1.29, 1.82) is 0 Å². The van der Waals surface area contributed by atoms with Gasteiger partial charge in [-0.25, -0.2) is 4.79 Å². The third kappa shape index (κ3) is 4.49. The van der Waals surface area contributed by atoms with Crippen molar-refractivity contribution < 1.29 is 19.1 Å². The van der Waals surface area contributed by atoms with Crippen molar-refractivity contribution in [3.8, 4) is 11.1 Å². The van der Waals surface area contributed by atoms with Gasteiger partial charge in [0.1, 0.15) is 12.1 Å². The Morgan fingerprint density at radius 1 is 1.12 bits per heavy atom. The molecule has 2 atom stereocenters. The Morgan fingerprint density at radius 3 is 2.42 bits per heavy atom. The largest absolute Gasteiger partial charge is 0.467 e. The van der Waals surface area contributed by atoms with Gasteiger partial charge < -0.3 is 14.8 Å². The number of carbonyl (C=O) groups excluding carboxylic acids is 2. The van der Waals surface area contributed by atoms with Gasteiger partial charge in [-0.15, -0.1) is 0 Å². The van der Waals surface area contributed by atoms with Crippen molar-refractivity contribution in [1.82, 2.24) is 5.32 Å². The van der Waals surface area contributed by atoms with Crippen molar-refractivity contribution in [2.24, 2.45) is 0 Å². The molecule has 5 heteroatoms. The van der Waals surface area contributed by atoms with Crippen LogP contribution in [0.15, 0.2) is 54.6 Å². The molecule has 3 rings (SSSR count). The van der Waals surface area contributed by atoms with Crippen LogP contribution in [0.25, 0.3) is 11.1 Å². The highest BCUT2D eigenvalue weighted by Crippen LogP contribution is 2.20. The Labute approximate surface area is 153 Å². The van der Waals surface area contributed by atoms with Crippen LogP contribution in [0.3, 0.4) is 0 Å². The van der Waals surface area contributed by atoms with E-state index in [-0.39, 0.29) is 5.91 Å². The quantitative estimate of drug-likeness (QED) is 0.811. The minimum atomic E-state index is -0.723. The van der Waals surface area contributed by atoms with Crippen molar-refractivity contribution in [3.05, 3.63) is 60.2 Å². The fourth-order valence-corrected chi connectivity index (χ4v) is 3.08. The first kappa shape index (κ1) is 18.1. The number of ether oxygens (including phenoxy) is 2. The SMILES string of the molecule is COC(=O)[C@@H](Cc1ccc(-c2ccccc2)cc1)NC(=O)[C@@H]1CCCO1. The molecule has 2 aromatic carbocycles. The van der Waals surface area contributed by atoms with Crippen LogP contribution in [0.1, 0.15) is 18.4 Å². The summed E-state index contributed by atoms with van der Waals surface area (Å²) >= 11 is 0. The Kier molecular flexibility index (Phi) is 6.02. The molecule has 0 saturated carbocycles. The molecule has 1 heterocycles. The van der Waals surface area contributed by atoms with E-state index >= 15 is 0 Å². The molecule has 0 bridgehead atoms. The van der Waals surface area contributed by atoms with Crippen molar-refractivity contribution in [2.45, 2.75) is 31.4 Å². The molecule has 0 aromatic heterocycles. The predicted octanol–water partition coefficient (Wildman–Crippen LogP) is 2.73. The molecule has 1 amide bonds. The summed E-state index contributed by atoms with van der Waals surface area (Å²) in [5.74, 6) is -0.706. The molecule has 5 nitrogen and oxygen atoms in total. The molecule has 0 unspecified atom stereocenters. The molecule has 26 heavy (non-hydrogen) atoms. The van der Waals surface area contributed by atoms with Gasteiger partial charge in [0.2, 0.25) is 5.91 Å². The average Bonchev–Trinajstić information content (AvgIpc) is 3.23. The topological polar surface area (TPSA) is 64.6 Å². The van der Waals surface area contributed by atoms with Crippen LogP contribution in [-0.2, 0) is 25.5 Å². The van der Waals surface area contributed by atoms with E-state index in [9.17, 15) is 9.59 Å². The lowest BCUT2D eigenvalue weighted by Gasteiger charge is -2.19. The molecule has 1 fully saturated rings. The van der Waals surface area contributed by atoms with Crippen LogP contribution in [0.5, 0.6) is 0 Å². The van der Waals surface area contributed by atoms with E-state index in [1.165, 1.54) is 7.11 Å². The lowest BCUT2D eigenvalue weighted by atomic mass is 10.0. The Balaban J connectivity index is 1.68. The maximum atomic E-state index is 12.3. The minimum absolute atomic E-state index is 0.251. The number of methoxy groups -OCH3 is 1. The van der Waals surface area contributed by atoms with Gasteiger partial charge in [0.25, 0.3) is 0 Å². The Bertz CT molecular complexity index is 736. The summed E-state index contributed by atoms with van der Waals surface area (Å²) in [6.07, 6.45) is 1.45. The van der Waals surface area contributed by atoms with E-state index in [1.807, 2.05) is 54.6 Å². The predicted molar refractivity (Wildman–Crippen MR) is 98.5 cm³/mol. The molecule has 2 aromatic rings. The molecular weight excluding hydrogens is 330 g/mol. The number of amides is 1. The smallest absolute Gasteiger partial charge is 0.328 e. The highest BCUT2D eigenvalue weighted by Gasteiger charge is 2.28. The number of hydrogen-bond acceptors (Lipinski definition) is 4. The first-order chi connectivity index (χ1) is 12.7. The Hall–Kier alpha value is -2.66. The summed E-state index contributed by atoms with van der Waals surface area (Å²) in [4.78, 5) is 24.3. The normalized spacial score (nSPS) is 17.5. The molecule has 1 saturated heterocycles. The first-order valence-electron chi connectivity index (χ1n) is 8.81. The zero-order valence-corrected chi connectivity index (χ0v) is 14.8. The van der Waals surface area contributed by atoms with Crippen LogP contribution >= 0.6 is 0 Å². The van der Waals surface area contributed by atoms with Gasteiger partial charge in [0, 0.05) is 13.0 Å². The van der Waals surface area contributed by atoms with Crippen molar-refractivity contribution >= 4 is 11.9 Å². The number of carbonyl (C=O) groups is 2. The molecule has 1 N–H and O–H groups in total. The summed E-state index contributed by atoms with van der Waals surface area (Å²) in [6.45, 7) is 0.585. The van der Waals surface area contributed by atoms with E-state index in [4.69, 9.17) is 9.47 Å². The van der Waals surface area contributed by atoms with Gasteiger partial charge >= 0.3 is 5.97 Å². The fraction of sp³-hybridized carbons (Fsp3) is 0.333. The third-order valence-corrected chi connectivity index (χ3v) is 4.53. The maximum absolute atomic E-state index is 12.3. The maximum Gasteiger partial charge on any atom is 0.328 e. The second kappa shape index (κ2) is 8.63. The number of nitrogens with one attached hydrogen (secondary N) is 1. The summed E-state index contributed by atoms with van der Waals surface area (Å²) in [7, 11) is 1.33. The van der Waals surface area contributed by atoms with Gasteiger partial charge in [-0.2, -0.15) is 0 Å².